The van der Waals surface area contributed by atoms with Crippen LogP contribution in [0.4, 0.5) is 0 Å². The van der Waals surface area contributed by atoms with E-state index in [0.717, 1.165) is 18.2 Å². The molecule has 0 atom stereocenters. The van der Waals surface area contributed by atoms with E-state index in [9.17, 15) is 32.8 Å². The van der Waals surface area contributed by atoms with Crippen LogP contribution in [-0.2, 0) is 19.6 Å². The van der Waals surface area contributed by atoms with Crippen LogP contribution >= 0.6 is 0 Å². The van der Waals surface area contributed by atoms with Gasteiger partial charge in [0.2, 0.25) is 0 Å². The molecule has 2 N–H and O–H groups in total. The third-order valence-corrected chi connectivity index (χ3v) is 4.52. The number of hydrogen-bond donors (Lipinski definition) is 2. The van der Waals surface area contributed by atoms with Crippen LogP contribution in [0.2, 0.25) is 0 Å². The second kappa shape index (κ2) is 10.9. The summed E-state index contributed by atoms with van der Waals surface area (Å²) in [7, 11) is -4.96. The van der Waals surface area contributed by atoms with E-state index < -0.39 is 37.8 Å². The predicted octanol–water partition coefficient (Wildman–Crippen LogP) is -2.05. The first-order valence-electron chi connectivity index (χ1n) is 8.38. The zero-order valence-corrected chi connectivity index (χ0v) is 20.0. The Bertz CT molecular complexity index is 781. The molecule has 0 heterocycles. The normalized spacial score (nSPS) is 12.1. The van der Waals surface area contributed by atoms with E-state index >= 15 is 0 Å². The summed E-state index contributed by atoms with van der Waals surface area (Å²) in [5, 5.41) is 18.4. The smallest absolute Gasteiger partial charge is 0.744 e. The molecule has 9 nitrogen and oxygen atoms in total. The maximum atomic E-state index is 12.2. The number of rotatable bonds is 9. The average Bonchev–Trinajstić information content (AvgIpc) is 2.63. The minimum Gasteiger partial charge on any atom is -0.744 e. The summed E-state index contributed by atoms with van der Waals surface area (Å²) in [5.74, 6) is -1.92. The summed E-state index contributed by atoms with van der Waals surface area (Å²) >= 11 is 0. The van der Waals surface area contributed by atoms with Gasteiger partial charge < -0.3 is 24.2 Å². The van der Waals surface area contributed by atoms with Crippen molar-refractivity contribution >= 4 is 22.1 Å². The number of carbonyl (C=O) groups excluding carboxylic acids is 2. The molecule has 0 radical (unpaired) electrons. The van der Waals surface area contributed by atoms with Gasteiger partial charge in [-0.25, -0.2) is 18.0 Å². The Morgan fingerprint density at radius 1 is 0.897 bits per heavy atom. The molecule has 158 valence electrons. The van der Waals surface area contributed by atoms with Crippen molar-refractivity contribution in [3.05, 3.63) is 29.3 Å². The Kier molecular flexibility index (Phi) is 10.5. The molecule has 0 aromatic heterocycles. The van der Waals surface area contributed by atoms with Crippen LogP contribution in [-0.4, -0.2) is 61.5 Å². The van der Waals surface area contributed by atoms with Gasteiger partial charge in [-0.15, -0.1) is 0 Å². The first kappa shape index (κ1) is 28.0. The molecule has 0 bridgehead atoms. The Hall–Kier alpha value is -1.01. The standard InChI is InChI=1S/C18H26O9S.Na/c1-17(2,8-19)10-26-15(21)12-5-13(7-14(6-12)28(23,24)25)16(22)27-11-18(3,4)9-20;/h5-7,19-20H,8-11H2,1-4H3,(H,23,24,25);/q;+1/p-1. The Labute approximate surface area is 192 Å². The van der Waals surface area contributed by atoms with Gasteiger partial charge >= 0.3 is 41.5 Å². The summed E-state index contributed by atoms with van der Waals surface area (Å²) in [6.07, 6.45) is 0. The van der Waals surface area contributed by atoms with Gasteiger partial charge in [0.25, 0.3) is 0 Å². The van der Waals surface area contributed by atoms with Gasteiger partial charge in [-0.2, -0.15) is 0 Å². The minimum absolute atomic E-state index is 0. The average molecular weight is 440 g/mol. The zero-order valence-electron chi connectivity index (χ0n) is 17.2. The fourth-order valence-corrected chi connectivity index (χ4v) is 2.30. The second-order valence-corrected chi connectivity index (χ2v) is 9.38. The minimum atomic E-state index is -4.96. The molecule has 0 fully saturated rings. The quantitative estimate of drug-likeness (QED) is 0.251. The summed E-state index contributed by atoms with van der Waals surface area (Å²) < 4.78 is 44.2. The molecule has 0 spiro atoms. The van der Waals surface area contributed by atoms with Crippen molar-refractivity contribution in [1.82, 2.24) is 0 Å². The van der Waals surface area contributed by atoms with Crippen molar-refractivity contribution in [2.45, 2.75) is 32.6 Å². The molecule has 1 aromatic carbocycles. The van der Waals surface area contributed by atoms with Crippen LogP contribution in [0.1, 0.15) is 48.4 Å². The number of carbonyl (C=O) groups is 2. The van der Waals surface area contributed by atoms with E-state index in [1.165, 1.54) is 0 Å². The monoisotopic (exact) mass is 440 g/mol. The first-order chi connectivity index (χ1) is 12.7. The number of esters is 2. The fourth-order valence-electron chi connectivity index (χ4n) is 1.76. The van der Waals surface area contributed by atoms with Crippen molar-refractivity contribution in [2.24, 2.45) is 10.8 Å². The maximum absolute atomic E-state index is 12.2. The Balaban J connectivity index is 0.00000784. The molecule has 0 saturated carbocycles. The topological polar surface area (TPSA) is 150 Å². The van der Waals surface area contributed by atoms with Gasteiger partial charge in [-0.1, -0.05) is 27.7 Å². The van der Waals surface area contributed by atoms with Gasteiger partial charge in [0.15, 0.2) is 0 Å². The van der Waals surface area contributed by atoms with Gasteiger partial charge in [0.05, 0.1) is 42.4 Å². The van der Waals surface area contributed by atoms with Crippen LogP contribution in [0.25, 0.3) is 0 Å². The second-order valence-electron chi connectivity index (χ2n) is 8.00. The molecule has 1 rings (SSSR count). The summed E-state index contributed by atoms with van der Waals surface area (Å²) in [5.41, 5.74) is -2.09. The van der Waals surface area contributed by atoms with Crippen molar-refractivity contribution < 1.29 is 71.8 Å². The van der Waals surface area contributed by atoms with Gasteiger partial charge in [0.1, 0.15) is 10.1 Å². The van der Waals surface area contributed by atoms with Crippen LogP contribution in [0, 0.1) is 10.8 Å². The first-order valence-corrected chi connectivity index (χ1v) is 9.78. The van der Waals surface area contributed by atoms with E-state index in [2.05, 4.69) is 0 Å². The molecule has 0 aliphatic carbocycles. The van der Waals surface area contributed by atoms with Crippen molar-refractivity contribution in [2.75, 3.05) is 26.4 Å². The van der Waals surface area contributed by atoms with Crippen molar-refractivity contribution in [1.29, 1.82) is 0 Å². The number of aliphatic hydroxyl groups is 2. The summed E-state index contributed by atoms with van der Waals surface area (Å²) in [6.45, 7) is 5.73. The number of aliphatic hydroxyl groups excluding tert-OH is 2. The van der Waals surface area contributed by atoms with Crippen LogP contribution in [0.15, 0.2) is 23.1 Å². The number of hydrogen-bond acceptors (Lipinski definition) is 9. The van der Waals surface area contributed by atoms with Crippen molar-refractivity contribution in [3.63, 3.8) is 0 Å². The molecule has 0 unspecified atom stereocenters. The number of ether oxygens (including phenoxy) is 2. The zero-order chi connectivity index (χ0) is 21.8. The molecule has 1 aromatic rings. The molecular formula is C18H25NaO9S. The largest absolute Gasteiger partial charge is 1.00 e. The van der Waals surface area contributed by atoms with E-state index in [1.54, 1.807) is 27.7 Å². The van der Waals surface area contributed by atoms with Gasteiger partial charge in [0, 0.05) is 10.8 Å². The molecule has 0 aliphatic heterocycles. The van der Waals surface area contributed by atoms with Gasteiger partial charge in [-0.05, 0) is 18.2 Å². The maximum Gasteiger partial charge on any atom is 1.00 e. The summed E-state index contributed by atoms with van der Waals surface area (Å²) in [6, 6.07) is 2.67. The molecule has 0 amide bonds. The van der Waals surface area contributed by atoms with Gasteiger partial charge in [-0.3, -0.25) is 0 Å². The van der Waals surface area contributed by atoms with Crippen LogP contribution < -0.4 is 29.6 Å². The van der Waals surface area contributed by atoms with Crippen molar-refractivity contribution in [3.8, 4) is 0 Å². The number of benzene rings is 1. The predicted molar refractivity (Wildman–Crippen MR) is 96.7 cm³/mol. The van der Waals surface area contributed by atoms with E-state index in [0.29, 0.717) is 0 Å². The Morgan fingerprint density at radius 3 is 1.52 bits per heavy atom. The molecule has 29 heavy (non-hydrogen) atoms. The van der Waals surface area contributed by atoms with E-state index in [1.807, 2.05) is 0 Å². The van der Waals surface area contributed by atoms with E-state index in [-0.39, 0.29) is 67.1 Å². The van der Waals surface area contributed by atoms with E-state index in [4.69, 9.17) is 9.47 Å². The Morgan fingerprint density at radius 2 is 1.24 bits per heavy atom. The SMILES string of the molecule is CC(C)(CO)COC(=O)c1cc(C(=O)OCC(C)(C)CO)cc(S(=O)(=O)[O-])c1.[Na+]. The third-order valence-electron chi connectivity index (χ3n) is 3.71. The molecule has 0 saturated heterocycles. The molecule has 11 heteroatoms. The third kappa shape index (κ3) is 9.12. The van der Waals surface area contributed by atoms with Crippen LogP contribution in [0.3, 0.4) is 0 Å². The molecule has 0 aliphatic rings. The fraction of sp³-hybridized carbons (Fsp3) is 0.556. The molecular weight excluding hydrogens is 415 g/mol. The summed E-state index contributed by atoms with van der Waals surface area (Å²) in [4.78, 5) is 23.7. The van der Waals surface area contributed by atoms with Crippen LogP contribution in [0.5, 0.6) is 0 Å².